The van der Waals surface area contributed by atoms with Crippen LogP contribution in [0.2, 0.25) is 0 Å². The molecule has 3 rings (SSSR count). The van der Waals surface area contributed by atoms with Gasteiger partial charge in [0, 0.05) is 12.6 Å². The average Bonchev–Trinajstić information content (AvgIpc) is 2.86. The zero-order valence-electron chi connectivity index (χ0n) is 9.64. The Morgan fingerprint density at radius 3 is 2.82 bits per heavy atom. The number of aromatic nitrogens is 3. The lowest BCUT2D eigenvalue weighted by atomic mass is 10.0. The highest BCUT2D eigenvalue weighted by molar-refractivity contribution is 5.97. The van der Waals surface area contributed by atoms with Gasteiger partial charge in [-0.05, 0) is 18.6 Å². The predicted octanol–water partition coefficient (Wildman–Crippen LogP) is 2.12. The molecule has 1 aromatic carbocycles. The number of nitrogen functional groups attached to an aromatic ring is 1. The first-order valence-corrected chi connectivity index (χ1v) is 5.31. The van der Waals surface area contributed by atoms with Crippen molar-refractivity contribution in [2.45, 2.75) is 6.92 Å². The minimum Gasteiger partial charge on any atom is -0.383 e. The maximum absolute atomic E-state index is 5.99. The molecule has 86 valence electrons. The Labute approximate surface area is 97.8 Å². The molecule has 0 saturated heterocycles. The molecule has 3 aromatic rings. The Morgan fingerprint density at radius 1 is 1.29 bits per heavy atom. The maximum Gasteiger partial charge on any atom is 0.167 e. The Kier molecular flexibility index (Phi) is 1.95. The zero-order valence-corrected chi connectivity index (χ0v) is 9.64. The van der Waals surface area contributed by atoms with Crippen molar-refractivity contribution >= 4 is 16.8 Å². The number of aryl methyl sites for hydroxylation is 2. The molecule has 2 N–H and O–H groups in total. The standard InChI is InChI=1S/C12H12N4O/c1-7-11-8(4-3-5-10(11)17-15-7)9-6-14-16(2)12(9)13/h3-6H,13H2,1-2H3. The summed E-state index contributed by atoms with van der Waals surface area (Å²) in [6, 6.07) is 5.82. The van der Waals surface area contributed by atoms with Crippen LogP contribution in [0.4, 0.5) is 5.82 Å². The van der Waals surface area contributed by atoms with Gasteiger partial charge in [-0.15, -0.1) is 0 Å². The van der Waals surface area contributed by atoms with Crippen molar-refractivity contribution in [1.82, 2.24) is 14.9 Å². The summed E-state index contributed by atoms with van der Waals surface area (Å²) >= 11 is 0. The van der Waals surface area contributed by atoms with Crippen LogP contribution in [0.5, 0.6) is 0 Å². The molecule has 0 spiro atoms. The first-order valence-electron chi connectivity index (χ1n) is 5.31. The second-order valence-corrected chi connectivity index (χ2v) is 4.01. The monoisotopic (exact) mass is 228 g/mol. The highest BCUT2D eigenvalue weighted by Crippen LogP contribution is 2.33. The molecule has 0 fully saturated rings. The molecule has 0 amide bonds. The summed E-state index contributed by atoms with van der Waals surface area (Å²) in [6.45, 7) is 1.92. The van der Waals surface area contributed by atoms with Gasteiger partial charge in [-0.25, -0.2) is 0 Å². The van der Waals surface area contributed by atoms with Gasteiger partial charge in [-0.2, -0.15) is 5.10 Å². The van der Waals surface area contributed by atoms with Crippen LogP contribution in [0.25, 0.3) is 22.1 Å². The van der Waals surface area contributed by atoms with Crippen molar-refractivity contribution in [1.29, 1.82) is 0 Å². The highest BCUT2D eigenvalue weighted by atomic mass is 16.5. The van der Waals surface area contributed by atoms with Crippen molar-refractivity contribution in [3.63, 3.8) is 0 Å². The normalized spacial score (nSPS) is 11.2. The van der Waals surface area contributed by atoms with E-state index in [4.69, 9.17) is 10.3 Å². The van der Waals surface area contributed by atoms with Crippen LogP contribution in [0, 0.1) is 6.92 Å². The van der Waals surface area contributed by atoms with Crippen LogP contribution in [0.15, 0.2) is 28.9 Å². The predicted molar refractivity (Wildman–Crippen MR) is 65.4 cm³/mol. The number of fused-ring (bicyclic) bond motifs is 1. The minimum atomic E-state index is 0.637. The Morgan fingerprint density at radius 2 is 2.12 bits per heavy atom. The molecule has 0 radical (unpaired) electrons. The van der Waals surface area contributed by atoms with Crippen LogP contribution >= 0.6 is 0 Å². The fourth-order valence-corrected chi connectivity index (χ4v) is 2.02. The number of rotatable bonds is 1. The lowest BCUT2D eigenvalue weighted by molar-refractivity contribution is 0.450. The molecule has 5 heteroatoms. The van der Waals surface area contributed by atoms with E-state index in [2.05, 4.69) is 10.3 Å². The van der Waals surface area contributed by atoms with E-state index in [1.54, 1.807) is 10.9 Å². The molecule has 0 aliphatic rings. The zero-order chi connectivity index (χ0) is 12.0. The Hall–Kier alpha value is -2.30. The second-order valence-electron chi connectivity index (χ2n) is 4.01. The van der Waals surface area contributed by atoms with Crippen LogP contribution in [0.1, 0.15) is 5.69 Å². The summed E-state index contributed by atoms with van der Waals surface area (Å²) in [7, 11) is 1.82. The molecule has 0 atom stereocenters. The minimum absolute atomic E-state index is 0.637. The number of hydrogen-bond acceptors (Lipinski definition) is 4. The van der Waals surface area contributed by atoms with E-state index < -0.39 is 0 Å². The highest BCUT2D eigenvalue weighted by Gasteiger charge is 2.14. The average molecular weight is 228 g/mol. The number of benzene rings is 1. The summed E-state index contributed by atoms with van der Waals surface area (Å²) in [6.07, 6.45) is 1.76. The summed E-state index contributed by atoms with van der Waals surface area (Å²) < 4.78 is 6.89. The molecule has 5 nitrogen and oxygen atoms in total. The molecule has 0 saturated carbocycles. The van der Waals surface area contributed by atoms with Crippen molar-refractivity contribution in [2.24, 2.45) is 7.05 Å². The van der Waals surface area contributed by atoms with Gasteiger partial charge in [-0.3, -0.25) is 4.68 Å². The molecular weight excluding hydrogens is 216 g/mol. The van der Waals surface area contributed by atoms with E-state index >= 15 is 0 Å². The quantitative estimate of drug-likeness (QED) is 0.692. The number of nitrogens with zero attached hydrogens (tertiary/aromatic N) is 3. The third kappa shape index (κ3) is 1.32. The Balaban J connectivity index is 2.37. The molecule has 0 aliphatic heterocycles. The van der Waals surface area contributed by atoms with Crippen LogP contribution in [-0.2, 0) is 7.05 Å². The van der Waals surface area contributed by atoms with E-state index in [1.165, 1.54) is 0 Å². The fraction of sp³-hybridized carbons (Fsp3) is 0.167. The van der Waals surface area contributed by atoms with Gasteiger partial charge in [0.15, 0.2) is 5.58 Å². The summed E-state index contributed by atoms with van der Waals surface area (Å²) in [5.41, 5.74) is 9.53. The van der Waals surface area contributed by atoms with Gasteiger partial charge < -0.3 is 10.3 Å². The number of hydrogen-bond donors (Lipinski definition) is 1. The molecule has 0 bridgehead atoms. The van der Waals surface area contributed by atoms with Gasteiger partial charge >= 0.3 is 0 Å². The molecular formula is C12H12N4O. The van der Waals surface area contributed by atoms with Crippen molar-refractivity contribution < 1.29 is 4.52 Å². The SMILES string of the molecule is Cc1noc2cccc(-c3cnn(C)c3N)c12. The van der Waals surface area contributed by atoms with Gasteiger partial charge in [-0.1, -0.05) is 17.3 Å². The molecule has 0 aliphatic carbocycles. The summed E-state index contributed by atoms with van der Waals surface area (Å²) in [5, 5.41) is 9.12. The molecule has 2 heterocycles. The fourth-order valence-electron chi connectivity index (χ4n) is 2.02. The van der Waals surface area contributed by atoms with E-state index in [0.717, 1.165) is 27.8 Å². The number of nitrogens with two attached hydrogens (primary N) is 1. The van der Waals surface area contributed by atoms with Crippen LogP contribution in [-0.4, -0.2) is 14.9 Å². The van der Waals surface area contributed by atoms with Gasteiger partial charge in [0.1, 0.15) is 5.82 Å². The summed E-state index contributed by atoms with van der Waals surface area (Å²) in [5.74, 6) is 0.637. The molecule has 0 unspecified atom stereocenters. The van der Waals surface area contributed by atoms with Crippen LogP contribution < -0.4 is 5.73 Å². The van der Waals surface area contributed by atoms with Crippen LogP contribution in [0.3, 0.4) is 0 Å². The Bertz CT molecular complexity index is 696. The van der Waals surface area contributed by atoms with Crippen molar-refractivity contribution in [3.8, 4) is 11.1 Å². The van der Waals surface area contributed by atoms with Gasteiger partial charge in [0.05, 0.1) is 17.3 Å². The van der Waals surface area contributed by atoms with E-state index in [-0.39, 0.29) is 0 Å². The topological polar surface area (TPSA) is 69.9 Å². The van der Waals surface area contributed by atoms with E-state index in [0.29, 0.717) is 5.82 Å². The van der Waals surface area contributed by atoms with Gasteiger partial charge in [0.25, 0.3) is 0 Å². The first-order chi connectivity index (χ1) is 8.18. The lowest BCUT2D eigenvalue weighted by Gasteiger charge is -2.02. The molecule has 2 aromatic heterocycles. The second kappa shape index (κ2) is 3.35. The van der Waals surface area contributed by atoms with E-state index in [9.17, 15) is 0 Å². The van der Waals surface area contributed by atoms with Crippen molar-refractivity contribution in [3.05, 3.63) is 30.1 Å². The first kappa shape index (κ1) is 9.89. The van der Waals surface area contributed by atoms with Crippen molar-refractivity contribution in [2.75, 3.05) is 5.73 Å². The lowest BCUT2D eigenvalue weighted by Crippen LogP contribution is -1.98. The van der Waals surface area contributed by atoms with E-state index in [1.807, 2.05) is 32.2 Å². The summed E-state index contributed by atoms with van der Waals surface area (Å²) in [4.78, 5) is 0. The van der Waals surface area contributed by atoms with Gasteiger partial charge in [0.2, 0.25) is 0 Å². The largest absolute Gasteiger partial charge is 0.383 e. The third-order valence-electron chi connectivity index (χ3n) is 2.94. The molecule has 17 heavy (non-hydrogen) atoms. The number of anilines is 1. The smallest absolute Gasteiger partial charge is 0.167 e. The third-order valence-corrected chi connectivity index (χ3v) is 2.94. The maximum atomic E-state index is 5.99.